The van der Waals surface area contributed by atoms with Gasteiger partial charge in [0.05, 0.1) is 18.8 Å². The first-order valence-corrected chi connectivity index (χ1v) is 4.98. The summed E-state index contributed by atoms with van der Waals surface area (Å²) in [6.45, 7) is 0.398. The second kappa shape index (κ2) is 3.05. The third kappa shape index (κ3) is 1.17. The van der Waals surface area contributed by atoms with Crippen LogP contribution in [-0.4, -0.2) is 24.0 Å². The molecule has 3 rings (SSSR count). The van der Waals surface area contributed by atoms with Gasteiger partial charge in [-0.05, 0) is 11.1 Å². The lowest BCUT2D eigenvalue weighted by Crippen LogP contribution is -2.47. The van der Waals surface area contributed by atoms with Gasteiger partial charge in [-0.3, -0.25) is 5.32 Å². The fourth-order valence-corrected chi connectivity index (χ4v) is 2.38. The summed E-state index contributed by atoms with van der Waals surface area (Å²) in [6.07, 6.45) is 0.638. The second-order valence-corrected chi connectivity index (χ2v) is 3.93. The molecule has 74 valence electrons. The van der Waals surface area contributed by atoms with Crippen LogP contribution in [0, 0.1) is 0 Å². The number of morpholine rings is 1. The summed E-state index contributed by atoms with van der Waals surface area (Å²) in [4.78, 5) is 0. The van der Waals surface area contributed by atoms with Gasteiger partial charge in [0.25, 0.3) is 0 Å². The van der Waals surface area contributed by atoms with E-state index in [0.717, 1.165) is 6.42 Å². The predicted octanol–water partition coefficient (Wildman–Crippen LogP) is 0.591. The molecule has 0 amide bonds. The maximum atomic E-state index is 9.45. The Bertz CT molecular complexity index is 353. The molecule has 1 aliphatic heterocycles. The highest BCUT2D eigenvalue weighted by Crippen LogP contribution is 2.35. The normalized spacial score (nSPS) is 35.1. The summed E-state index contributed by atoms with van der Waals surface area (Å²) in [7, 11) is 0. The van der Waals surface area contributed by atoms with Gasteiger partial charge in [0.2, 0.25) is 0 Å². The van der Waals surface area contributed by atoms with Crippen molar-refractivity contribution in [3.8, 4) is 0 Å². The average molecular weight is 191 g/mol. The maximum Gasteiger partial charge on any atom is 0.129 e. The lowest BCUT2D eigenvalue weighted by atomic mass is 10.1. The van der Waals surface area contributed by atoms with Crippen molar-refractivity contribution < 1.29 is 9.84 Å². The number of hydrogen-bond donors (Lipinski definition) is 2. The van der Waals surface area contributed by atoms with E-state index in [-0.39, 0.29) is 12.1 Å². The lowest BCUT2D eigenvalue weighted by Gasteiger charge is -2.31. The van der Waals surface area contributed by atoms with Crippen molar-refractivity contribution in [2.45, 2.75) is 24.8 Å². The van der Waals surface area contributed by atoms with Crippen LogP contribution in [0.2, 0.25) is 0 Å². The van der Waals surface area contributed by atoms with Crippen molar-refractivity contribution >= 4 is 0 Å². The van der Waals surface area contributed by atoms with Gasteiger partial charge in [0.1, 0.15) is 6.23 Å². The van der Waals surface area contributed by atoms with E-state index in [9.17, 15) is 5.11 Å². The molecule has 0 saturated carbocycles. The summed E-state index contributed by atoms with van der Waals surface area (Å²) < 4.78 is 5.58. The molecule has 0 aromatic heterocycles. The molecule has 1 aromatic carbocycles. The van der Waals surface area contributed by atoms with Crippen molar-refractivity contribution in [1.29, 1.82) is 0 Å². The number of aliphatic hydroxyl groups is 1. The van der Waals surface area contributed by atoms with E-state index in [1.165, 1.54) is 11.1 Å². The molecule has 0 radical (unpaired) electrons. The number of benzene rings is 1. The van der Waals surface area contributed by atoms with E-state index in [1.807, 2.05) is 12.1 Å². The van der Waals surface area contributed by atoms with Crippen molar-refractivity contribution in [2.75, 3.05) is 6.61 Å². The monoisotopic (exact) mass is 191 g/mol. The predicted molar refractivity (Wildman–Crippen MR) is 51.8 cm³/mol. The van der Waals surface area contributed by atoms with Crippen molar-refractivity contribution in [3.05, 3.63) is 35.4 Å². The molecule has 0 spiro atoms. The highest BCUT2D eigenvalue weighted by molar-refractivity contribution is 5.36. The van der Waals surface area contributed by atoms with Crippen molar-refractivity contribution in [1.82, 2.24) is 5.32 Å². The first-order valence-electron chi connectivity index (χ1n) is 4.98. The number of rotatable bonds is 0. The Balaban J connectivity index is 1.97. The zero-order valence-electron chi connectivity index (χ0n) is 7.81. The molecule has 1 saturated heterocycles. The summed E-state index contributed by atoms with van der Waals surface area (Å²) in [5.74, 6) is 0. The van der Waals surface area contributed by atoms with Crippen LogP contribution >= 0.6 is 0 Å². The molecule has 2 N–H and O–H groups in total. The Labute approximate surface area is 82.7 Å². The number of hydrogen-bond acceptors (Lipinski definition) is 3. The van der Waals surface area contributed by atoms with E-state index in [0.29, 0.717) is 6.61 Å². The highest BCUT2D eigenvalue weighted by atomic mass is 16.5. The van der Waals surface area contributed by atoms with Crippen LogP contribution in [0.3, 0.4) is 0 Å². The number of aliphatic hydroxyl groups excluding tert-OH is 1. The SMILES string of the molecule is OC1COC2Cc3ccccc3C2N1. The standard InChI is InChI=1S/C11H13NO2/c13-10-6-14-9-5-7-3-1-2-4-8(7)11(9)12-10/h1-4,9-13H,5-6H2. The molecule has 1 fully saturated rings. The molecule has 3 nitrogen and oxygen atoms in total. The molecule has 14 heavy (non-hydrogen) atoms. The maximum absolute atomic E-state index is 9.45. The Morgan fingerprint density at radius 1 is 1.36 bits per heavy atom. The Kier molecular flexibility index (Phi) is 1.83. The van der Waals surface area contributed by atoms with E-state index in [4.69, 9.17) is 4.74 Å². The second-order valence-electron chi connectivity index (χ2n) is 3.93. The van der Waals surface area contributed by atoms with Crippen LogP contribution in [-0.2, 0) is 11.2 Å². The first-order chi connectivity index (χ1) is 6.84. The van der Waals surface area contributed by atoms with Gasteiger partial charge >= 0.3 is 0 Å². The van der Waals surface area contributed by atoms with E-state index >= 15 is 0 Å². The molecular formula is C11H13NO2. The fourth-order valence-electron chi connectivity index (χ4n) is 2.38. The van der Waals surface area contributed by atoms with Crippen LogP contribution < -0.4 is 5.32 Å². The van der Waals surface area contributed by atoms with Gasteiger partial charge in [-0.15, -0.1) is 0 Å². The van der Waals surface area contributed by atoms with Crippen LogP contribution in [0.4, 0.5) is 0 Å². The minimum Gasteiger partial charge on any atom is -0.376 e. The van der Waals surface area contributed by atoms with E-state index < -0.39 is 6.23 Å². The Hall–Kier alpha value is -0.900. The van der Waals surface area contributed by atoms with Gasteiger partial charge in [-0.1, -0.05) is 24.3 Å². The van der Waals surface area contributed by atoms with Crippen molar-refractivity contribution in [2.24, 2.45) is 0 Å². The highest BCUT2D eigenvalue weighted by Gasteiger charge is 2.37. The molecule has 2 aliphatic rings. The number of fused-ring (bicyclic) bond motifs is 3. The topological polar surface area (TPSA) is 41.5 Å². The molecule has 1 heterocycles. The zero-order chi connectivity index (χ0) is 9.54. The van der Waals surface area contributed by atoms with Gasteiger partial charge in [0, 0.05) is 6.42 Å². The third-order valence-electron chi connectivity index (χ3n) is 3.02. The minimum atomic E-state index is -0.526. The third-order valence-corrected chi connectivity index (χ3v) is 3.02. The van der Waals surface area contributed by atoms with Crippen LogP contribution in [0.5, 0.6) is 0 Å². The zero-order valence-corrected chi connectivity index (χ0v) is 7.81. The largest absolute Gasteiger partial charge is 0.376 e. The molecule has 3 heteroatoms. The molecule has 0 bridgehead atoms. The minimum absolute atomic E-state index is 0.176. The van der Waals surface area contributed by atoms with Crippen LogP contribution in [0.1, 0.15) is 17.2 Å². The Morgan fingerprint density at radius 2 is 2.21 bits per heavy atom. The van der Waals surface area contributed by atoms with E-state index in [1.54, 1.807) is 0 Å². The van der Waals surface area contributed by atoms with Crippen molar-refractivity contribution in [3.63, 3.8) is 0 Å². The number of nitrogens with one attached hydrogen (secondary N) is 1. The molecular weight excluding hydrogens is 178 g/mol. The molecule has 3 atom stereocenters. The summed E-state index contributed by atoms with van der Waals surface area (Å²) >= 11 is 0. The van der Waals surface area contributed by atoms with Gasteiger partial charge < -0.3 is 9.84 Å². The summed E-state index contributed by atoms with van der Waals surface area (Å²) in [5.41, 5.74) is 2.61. The quantitative estimate of drug-likeness (QED) is 0.630. The average Bonchev–Trinajstić information content (AvgIpc) is 2.56. The smallest absolute Gasteiger partial charge is 0.129 e. The van der Waals surface area contributed by atoms with E-state index in [2.05, 4.69) is 17.4 Å². The molecule has 1 aromatic rings. The van der Waals surface area contributed by atoms with Crippen LogP contribution in [0.15, 0.2) is 24.3 Å². The summed E-state index contributed by atoms with van der Waals surface area (Å²) in [6, 6.07) is 8.49. The summed E-state index contributed by atoms with van der Waals surface area (Å²) in [5, 5.41) is 12.6. The fraction of sp³-hybridized carbons (Fsp3) is 0.455. The first kappa shape index (κ1) is 8.41. The van der Waals surface area contributed by atoms with Gasteiger partial charge in [-0.25, -0.2) is 0 Å². The number of ether oxygens (including phenoxy) is 1. The molecule has 3 unspecified atom stereocenters. The lowest BCUT2D eigenvalue weighted by molar-refractivity contribution is -0.0821. The van der Waals surface area contributed by atoms with Crippen LogP contribution in [0.25, 0.3) is 0 Å². The van der Waals surface area contributed by atoms with Gasteiger partial charge in [-0.2, -0.15) is 0 Å². The van der Waals surface area contributed by atoms with Gasteiger partial charge in [0.15, 0.2) is 0 Å². The Morgan fingerprint density at radius 3 is 3.14 bits per heavy atom. The molecule has 1 aliphatic carbocycles.